The SMILES string of the molecule is NC(=O)c1ccc(N2CCC(C(=O)NCc3ccccc3)C2)nn1. The predicted molar refractivity (Wildman–Crippen MR) is 89.2 cm³/mol. The third kappa shape index (κ3) is 3.68. The lowest BCUT2D eigenvalue weighted by Gasteiger charge is -2.16. The number of primary amides is 1. The molecule has 2 heterocycles. The summed E-state index contributed by atoms with van der Waals surface area (Å²) >= 11 is 0. The molecule has 3 rings (SSSR count). The monoisotopic (exact) mass is 325 g/mol. The van der Waals surface area contributed by atoms with Crippen molar-refractivity contribution >= 4 is 17.6 Å². The van der Waals surface area contributed by atoms with E-state index in [1.54, 1.807) is 12.1 Å². The molecule has 3 N–H and O–H groups in total. The van der Waals surface area contributed by atoms with Crippen molar-refractivity contribution in [3.05, 3.63) is 53.7 Å². The Kier molecular flexibility index (Phi) is 4.69. The summed E-state index contributed by atoms with van der Waals surface area (Å²) in [5.41, 5.74) is 6.36. The zero-order valence-electron chi connectivity index (χ0n) is 13.2. The van der Waals surface area contributed by atoms with Gasteiger partial charge in [-0.3, -0.25) is 9.59 Å². The first kappa shape index (κ1) is 15.9. The van der Waals surface area contributed by atoms with E-state index in [4.69, 9.17) is 5.73 Å². The standard InChI is InChI=1S/C17H19N5O2/c18-16(23)14-6-7-15(21-20-14)22-9-8-13(11-22)17(24)19-10-12-4-2-1-3-5-12/h1-7,13H,8-11H2,(H2,18,23)(H,19,24). The van der Waals surface area contributed by atoms with Gasteiger partial charge in [0.25, 0.3) is 5.91 Å². The third-order valence-electron chi connectivity index (χ3n) is 4.10. The number of nitrogens with zero attached hydrogens (tertiary/aromatic N) is 3. The summed E-state index contributed by atoms with van der Waals surface area (Å²) in [5, 5.41) is 10.8. The molecule has 7 nitrogen and oxygen atoms in total. The summed E-state index contributed by atoms with van der Waals surface area (Å²) in [6.45, 7) is 1.85. The Morgan fingerprint density at radius 3 is 2.62 bits per heavy atom. The number of anilines is 1. The van der Waals surface area contributed by atoms with Gasteiger partial charge < -0.3 is 16.0 Å². The molecule has 1 aliphatic heterocycles. The van der Waals surface area contributed by atoms with Crippen LogP contribution in [0.5, 0.6) is 0 Å². The highest BCUT2D eigenvalue weighted by Gasteiger charge is 2.29. The fraction of sp³-hybridized carbons (Fsp3) is 0.294. The molecule has 2 amide bonds. The number of benzene rings is 1. The molecule has 24 heavy (non-hydrogen) atoms. The van der Waals surface area contributed by atoms with Crippen molar-refractivity contribution in [3.63, 3.8) is 0 Å². The minimum absolute atomic E-state index is 0.0445. The Bertz CT molecular complexity index is 718. The third-order valence-corrected chi connectivity index (χ3v) is 4.10. The van der Waals surface area contributed by atoms with Crippen LogP contribution in [0.15, 0.2) is 42.5 Å². The van der Waals surface area contributed by atoms with Gasteiger partial charge in [-0.15, -0.1) is 10.2 Å². The van der Waals surface area contributed by atoms with Crippen molar-refractivity contribution in [3.8, 4) is 0 Å². The lowest BCUT2D eigenvalue weighted by Crippen LogP contribution is -2.32. The van der Waals surface area contributed by atoms with Crippen molar-refractivity contribution in [1.29, 1.82) is 0 Å². The zero-order chi connectivity index (χ0) is 16.9. The van der Waals surface area contributed by atoms with Gasteiger partial charge in [0.1, 0.15) is 0 Å². The fourth-order valence-electron chi connectivity index (χ4n) is 2.74. The highest BCUT2D eigenvalue weighted by atomic mass is 16.2. The second kappa shape index (κ2) is 7.08. The fourth-order valence-corrected chi connectivity index (χ4v) is 2.74. The summed E-state index contributed by atoms with van der Waals surface area (Å²) < 4.78 is 0. The zero-order valence-corrected chi connectivity index (χ0v) is 13.2. The first-order valence-electron chi connectivity index (χ1n) is 7.83. The number of carbonyl (C=O) groups is 2. The van der Waals surface area contributed by atoms with Crippen molar-refractivity contribution < 1.29 is 9.59 Å². The van der Waals surface area contributed by atoms with Gasteiger partial charge in [0.05, 0.1) is 5.92 Å². The molecular weight excluding hydrogens is 306 g/mol. The minimum atomic E-state index is -0.603. The van der Waals surface area contributed by atoms with E-state index >= 15 is 0 Å². The normalized spacial score (nSPS) is 16.8. The number of hydrogen-bond acceptors (Lipinski definition) is 5. The van der Waals surface area contributed by atoms with Crippen LogP contribution in [0.4, 0.5) is 5.82 Å². The first-order chi connectivity index (χ1) is 11.6. The van der Waals surface area contributed by atoms with Gasteiger partial charge in [-0.05, 0) is 24.1 Å². The molecule has 1 saturated heterocycles. The number of carbonyl (C=O) groups excluding carboxylic acids is 2. The van der Waals surface area contributed by atoms with Gasteiger partial charge in [0.15, 0.2) is 11.5 Å². The van der Waals surface area contributed by atoms with Crippen LogP contribution in [-0.2, 0) is 11.3 Å². The maximum absolute atomic E-state index is 12.3. The summed E-state index contributed by atoms with van der Waals surface area (Å²) in [4.78, 5) is 25.3. The molecule has 1 atom stereocenters. The Balaban J connectivity index is 1.54. The van der Waals surface area contributed by atoms with Crippen molar-refractivity contribution in [2.75, 3.05) is 18.0 Å². The predicted octanol–water partition coefficient (Wildman–Crippen LogP) is 0.718. The average molecular weight is 325 g/mol. The van der Waals surface area contributed by atoms with Crippen LogP contribution in [0, 0.1) is 5.92 Å². The maximum Gasteiger partial charge on any atom is 0.269 e. The summed E-state index contributed by atoms with van der Waals surface area (Å²) in [6, 6.07) is 13.1. The van der Waals surface area contributed by atoms with Gasteiger partial charge in [-0.25, -0.2) is 0 Å². The quantitative estimate of drug-likeness (QED) is 0.843. The second-order valence-corrected chi connectivity index (χ2v) is 5.78. The molecule has 0 saturated carbocycles. The van der Waals surface area contributed by atoms with Crippen LogP contribution in [0.2, 0.25) is 0 Å². The molecule has 1 unspecified atom stereocenters. The van der Waals surface area contributed by atoms with E-state index < -0.39 is 5.91 Å². The van der Waals surface area contributed by atoms with Crippen LogP contribution < -0.4 is 16.0 Å². The lowest BCUT2D eigenvalue weighted by molar-refractivity contribution is -0.124. The van der Waals surface area contributed by atoms with E-state index in [-0.39, 0.29) is 17.5 Å². The smallest absolute Gasteiger partial charge is 0.269 e. The first-order valence-corrected chi connectivity index (χ1v) is 7.83. The van der Waals surface area contributed by atoms with Crippen LogP contribution in [-0.4, -0.2) is 35.1 Å². The largest absolute Gasteiger partial charge is 0.364 e. The highest BCUT2D eigenvalue weighted by molar-refractivity contribution is 5.90. The molecule has 1 aromatic carbocycles. The van der Waals surface area contributed by atoms with Crippen LogP contribution in [0.25, 0.3) is 0 Å². The molecule has 7 heteroatoms. The number of nitrogens with two attached hydrogens (primary N) is 1. The average Bonchev–Trinajstić information content (AvgIpc) is 3.11. The molecule has 2 aromatic rings. The van der Waals surface area contributed by atoms with Crippen LogP contribution in [0.1, 0.15) is 22.5 Å². The van der Waals surface area contributed by atoms with Crippen molar-refractivity contribution in [1.82, 2.24) is 15.5 Å². The van der Waals surface area contributed by atoms with Gasteiger partial charge in [-0.1, -0.05) is 30.3 Å². The molecule has 1 aliphatic rings. The number of hydrogen-bond donors (Lipinski definition) is 2. The summed E-state index contributed by atoms with van der Waals surface area (Å²) in [7, 11) is 0. The highest BCUT2D eigenvalue weighted by Crippen LogP contribution is 2.21. The van der Waals surface area contributed by atoms with Crippen molar-refractivity contribution in [2.45, 2.75) is 13.0 Å². The Morgan fingerprint density at radius 2 is 1.96 bits per heavy atom. The molecular formula is C17H19N5O2. The van der Waals surface area contributed by atoms with Gasteiger partial charge in [-0.2, -0.15) is 0 Å². The van der Waals surface area contributed by atoms with E-state index in [1.807, 2.05) is 35.2 Å². The molecule has 0 aliphatic carbocycles. The molecule has 0 radical (unpaired) electrons. The van der Waals surface area contributed by atoms with Gasteiger partial charge in [0.2, 0.25) is 5.91 Å². The number of nitrogens with one attached hydrogen (secondary N) is 1. The van der Waals surface area contributed by atoms with Crippen LogP contribution >= 0.6 is 0 Å². The minimum Gasteiger partial charge on any atom is -0.364 e. The second-order valence-electron chi connectivity index (χ2n) is 5.78. The van der Waals surface area contributed by atoms with Crippen molar-refractivity contribution in [2.24, 2.45) is 11.7 Å². The molecule has 1 fully saturated rings. The Labute approximate surface area is 139 Å². The number of rotatable bonds is 5. The van der Waals surface area contributed by atoms with Crippen LogP contribution in [0.3, 0.4) is 0 Å². The van der Waals surface area contributed by atoms with E-state index in [0.29, 0.717) is 18.9 Å². The summed E-state index contributed by atoms with van der Waals surface area (Å²) in [6.07, 6.45) is 0.764. The molecule has 0 bridgehead atoms. The van der Waals surface area contributed by atoms with E-state index in [9.17, 15) is 9.59 Å². The lowest BCUT2D eigenvalue weighted by atomic mass is 10.1. The van der Waals surface area contributed by atoms with E-state index in [0.717, 1.165) is 18.5 Å². The topological polar surface area (TPSA) is 101 Å². The Hall–Kier alpha value is -2.96. The molecule has 124 valence electrons. The van der Waals surface area contributed by atoms with Gasteiger partial charge >= 0.3 is 0 Å². The number of aromatic nitrogens is 2. The Morgan fingerprint density at radius 1 is 1.17 bits per heavy atom. The maximum atomic E-state index is 12.3. The van der Waals surface area contributed by atoms with Gasteiger partial charge in [0, 0.05) is 19.6 Å². The number of amides is 2. The molecule has 1 aromatic heterocycles. The summed E-state index contributed by atoms with van der Waals surface area (Å²) in [5.74, 6) is 0.0152. The van der Waals surface area contributed by atoms with E-state index in [2.05, 4.69) is 15.5 Å². The molecule has 0 spiro atoms. The van der Waals surface area contributed by atoms with E-state index in [1.165, 1.54) is 0 Å².